The molecule has 2 saturated heterocycles. The quantitative estimate of drug-likeness (QED) is 0.650. The van der Waals surface area contributed by atoms with E-state index in [4.69, 9.17) is 9.47 Å². The van der Waals surface area contributed by atoms with Crippen LogP contribution >= 0.6 is 0 Å². The molecule has 3 rings (SSSR count). The average Bonchev–Trinajstić information content (AvgIpc) is 2.73. The van der Waals surface area contributed by atoms with Crippen LogP contribution in [0, 0.1) is 0 Å². The van der Waals surface area contributed by atoms with Crippen LogP contribution in [0.1, 0.15) is 50.4 Å². The summed E-state index contributed by atoms with van der Waals surface area (Å²) in [5.74, 6) is 0.134. The molecule has 1 aromatic rings. The topological polar surface area (TPSA) is 45.2 Å². The SMILES string of the molecule is CCCN(C)c1ccc(C(=O)N2CCC(OCCN3C[C@H](C)O[C@@H](C)C3)CC2)cc1. The van der Waals surface area contributed by atoms with E-state index in [1.54, 1.807) is 0 Å². The Morgan fingerprint density at radius 3 is 2.37 bits per heavy atom. The van der Waals surface area contributed by atoms with Crippen molar-refractivity contribution in [1.29, 1.82) is 0 Å². The average molecular weight is 418 g/mol. The first-order valence-corrected chi connectivity index (χ1v) is 11.6. The number of morpholine rings is 1. The molecular formula is C24H39N3O3. The lowest BCUT2D eigenvalue weighted by atomic mass is 10.1. The van der Waals surface area contributed by atoms with Crippen LogP contribution in [-0.4, -0.2) is 86.9 Å². The van der Waals surface area contributed by atoms with Crippen molar-refractivity contribution in [2.75, 3.05) is 57.8 Å². The highest BCUT2D eigenvalue weighted by atomic mass is 16.5. The molecule has 0 aliphatic carbocycles. The number of ether oxygens (including phenoxy) is 2. The van der Waals surface area contributed by atoms with Gasteiger partial charge in [-0.2, -0.15) is 0 Å². The number of benzene rings is 1. The molecule has 1 amide bonds. The monoisotopic (exact) mass is 417 g/mol. The number of rotatable bonds is 8. The minimum Gasteiger partial charge on any atom is -0.377 e. The normalized spacial score (nSPS) is 23.5. The summed E-state index contributed by atoms with van der Waals surface area (Å²) < 4.78 is 11.9. The van der Waals surface area contributed by atoms with E-state index in [-0.39, 0.29) is 12.0 Å². The van der Waals surface area contributed by atoms with E-state index < -0.39 is 0 Å². The van der Waals surface area contributed by atoms with Crippen LogP contribution in [0.5, 0.6) is 0 Å². The summed E-state index contributed by atoms with van der Waals surface area (Å²) in [5.41, 5.74) is 1.93. The van der Waals surface area contributed by atoms with Crippen molar-refractivity contribution in [1.82, 2.24) is 9.80 Å². The molecule has 2 fully saturated rings. The molecule has 6 nitrogen and oxygen atoms in total. The molecule has 0 radical (unpaired) electrons. The first-order valence-electron chi connectivity index (χ1n) is 11.6. The molecular weight excluding hydrogens is 378 g/mol. The molecule has 0 N–H and O–H groups in total. The van der Waals surface area contributed by atoms with Crippen LogP contribution in [-0.2, 0) is 9.47 Å². The minimum atomic E-state index is 0.134. The Morgan fingerprint density at radius 1 is 1.13 bits per heavy atom. The molecule has 2 heterocycles. The Kier molecular flexibility index (Phi) is 8.54. The summed E-state index contributed by atoms with van der Waals surface area (Å²) in [4.78, 5) is 19.5. The lowest BCUT2D eigenvalue weighted by Crippen LogP contribution is -2.47. The van der Waals surface area contributed by atoms with Gasteiger partial charge in [0.2, 0.25) is 0 Å². The smallest absolute Gasteiger partial charge is 0.253 e. The number of hydrogen-bond donors (Lipinski definition) is 0. The van der Waals surface area contributed by atoms with Crippen LogP contribution in [0.3, 0.4) is 0 Å². The zero-order valence-electron chi connectivity index (χ0n) is 19.2. The number of piperidine rings is 1. The Balaban J connectivity index is 1.39. The zero-order chi connectivity index (χ0) is 21.5. The maximum atomic E-state index is 12.8. The Labute approximate surface area is 182 Å². The number of hydrogen-bond acceptors (Lipinski definition) is 5. The molecule has 2 atom stereocenters. The van der Waals surface area contributed by atoms with Crippen molar-refractivity contribution in [3.8, 4) is 0 Å². The third kappa shape index (κ3) is 6.43. The molecule has 0 unspecified atom stereocenters. The number of likely N-dealkylation sites (tertiary alicyclic amines) is 1. The lowest BCUT2D eigenvalue weighted by Gasteiger charge is -2.36. The maximum Gasteiger partial charge on any atom is 0.253 e. The van der Waals surface area contributed by atoms with Gasteiger partial charge in [0, 0.05) is 57.6 Å². The summed E-state index contributed by atoms with van der Waals surface area (Å²) in [6.07, 6.45) is 3.79. The Morgan fingerprint density at radius 2 is 1.77 bits per heavy atom. The van der Waals surface area contributed by atoms with Gasteiger partial charge in [-0.3, -0.25) is 9.69 Å². The maximum absolute atomic E-state index is 12.8. The van der Waals surface area contributed by atoms with Gasteiger partial charge in [-0.1, -0.05) is 6.92 Å². The number of carbonyl (C=O) groups is 1. The van der Waals surface area contributed by atoms with Crippen LogP contribution in [0.4, 0.5) is 5.69 Å². The molecule has 1 aromatic carbocycles. The molecule has 0 aromatic heterocycles. The fourth-order valence-electron chi connectivity index (χ4n) is 4.55. The molecule has 2 aliphatic heterocycles. The van der Waals surface area contributed by atoms with Gasteiger partial charge in [-0.05, 0) is 57.4 Å². The molecule has 0 spiro atoms. The lowest BCUT2D eigenvalue weighted by molar-refractivity contribution is -0.0780. The number of carbonyl (C=O) groups excluding carboxylic acids is 1. The molecule has 30 heavy (non-hydrogen) atoms. The zero-order valence-corrected chi connectivity index (χ0v) is 19.2. The van der Waals surface area contributed by atoms with Gasteiger partial charge >= 0.3 is 0 Å². The summed E-state index contributed by atoms with van der Waals surface area (Å²) in [5, 5.41) is 0. The predicted molar refractivity (Wildman–Crippen MR) is 121 cm³/mol. The van der Waals surface area contributed by atoms with E-state index in [2.05, 4.69) is 37.6 Å². The fourth-order valence-corrected chi connectivity index (χ4v) is 4.55. The van der Waals surface area contributed by atoms with Crippen molar-refractivity contribution in [3.05, 3.63) is 29.8 Å². The van der Waals surface area contributed by atoms with Gasteiger partial charge in [-0.15, -0.1) is 0 Å². The second-order valence-corrected chi connectivity index (χ2v) is 8.85. The van der Waals surface area contributed by atoms with E-state index in [0.29, 0.717) is 12.2 Å². The van der Waals surface area contributed by atoms with Crippen LogP contribution in [0.2, 0.25) is 0 Å². The predicted octanol–water partition coefficient (Wildman–Crippen LogP) is 3.26. The second-order valence-electron chi connectivity index (χ2n) is 8.85. The van der Waals surface area contributed by atoms with E-state index in [0.717, 1.165) is 76.4 Å². The highest BCUT2D eigenvalue weighted by molar-refractivity contribution is 5.94. The van der Waals surface area contributed by atoms with Crippen LogP contribution in [0.25, 0.3) is 0 Å². The second kappa shape index (κ2) is 11.1. The van der Waals surface area contributed by atoms with Crippen molar-refractivity contribution in [3.63, 3.8) is 0 Å². The first-order chi connectivity index (χ1) is 14.5. The highest BCUT2D eigenvalue weighted by Crippen LogP contribution is 2.19. The van der Waals surface area contributed by atoms with Crippen molar-refractivity contribution in [2.45, 2.75) is 58.3 Å². The molecule has 6 heteroatoms. The van der Waals surface area contributed by atoms with Gasteiger partial charge in [0.05, 0.1) is 24.9 Å². The number of amides is 1. The van der Waals surface area contributed by atoms with Gasteiger partial charge < -0.3 is 19.3 Å². The van der Waals surface area contributed by atoms with E-state index >= 15 is 0 Å². The van der Waals surface area contributed by atoms with Gasteiger partial charge in [0.25, 0.3) is 5.91 Å². The summed E-state index contributed by atoms with van der Waals surface area (Å²) >= 11 is 0. The summed E-state index contributed by atoms with van der Waals surface area (Å²) in [7, 11) is 2.09. The Hall–Kier alpha value is -1.63. The van der Waals surface area contributed by atoms with Gasteiger partial charge in [0.15, 0.2) is 0 Å². The molecule has 168 valence electrons. The third-order valence-electron chi connectivity index (χ3n) is 6.10. The fraction of sp³-hybridized carbons (Fsp3) is 0.708. The van der Waals surface area contributed by atoms with Gasteiger partial charge in [0.1, 0.15) is 0 Å². The summed E-state index contributed by atoms with van der Waals surface area (Å²) in [6.45, 7) is 12.7. The first kappa shape index (κ1) is 23.0. The largest absolute Gasteiger partial charge is 0.377 e. The minimum absolute atomic E-state index is 0.134. The number of nitrogens with zero attached hydrogens (tertiary/aromatic N) is 3. The van der Waals surface area contributed by atoms with Crippen LogP contribution < -0.4 is 4.90 Å². The van der Waals surface area contributed by atoms with Crippen molar-refractivity contribution < 1.29 is 14.3 Å². The summed E-state index contributed by atoms with van der Waals surface area (Å²) in [6, 6.07) is 8.01. The molecule has 2 aliphatic rings. The highest BCUT2D eigenvalue weighted by Gasteiger charge is 2.25. The standard InChI is InChI=1S/C24H39N3O3/c1-5-12-25(4)22-8-6-21(7-9-22)24(28)27-13-10-23(11-14-27)29-16-15-26-17-19(2)30-20(3)18-26/h6-9,19-20,23H,5,10-18H2,1-4H3/t19-,20-/m0/s1. The third-order valence-corrected chi connectivity index (χ3v) is 6.10. The van der Waals surface area contributed by atoms with E-state index in [1.807, 2.05) is 29.2 Å². The molecule has 0 bridgehead atoms. The van der Waals surface area contributed by atoms with Crippen LogP contribution in [0.15, 0.2) is 24.3 Å². The molecule has 0 saturated carbocycles. The Bertz CT molecular complexity index is 648. The van der Waals surface area contributed by atoms with Crippen molar-refractivity contribution in [2.24, 2.45) is 0 Å². The van der Waals surface area contributed by atoms with E-state index in [1.165, 1.54) is 0 Å². The van der Waals surface area contributed by atoms with Gasteiger partial charge in [-0.25, -0.2) is 0 Å². The van der Waals surface area contributed by atoms with E-state index in [9.17, 15) is 4.79 Å². The van der Waals surface area contributed by atoms with Crippen molar-refractivity contribution >= 4 is 11.6 Å². The number of anilines is 1.